The molecule has 0 bridgehead atoms. The van der Waals surface area contributed by atoms with Crippen LogP contribution in [0.4, 0.5) is 0 Å². The Kier molecular flexibility index (Phi) is 2.13. The quantitative estimate of drug-likeness (QED) is 0.442. The Hall–Kier alpha value is -1.38. The maximum Gasteiger partial charge on any atom is 0.269 e. The first-order valence-corrected chi connectivity index (χ1v) is 3.74. The summed E-state index contributed by atoms with van der Waals surface area (Å²) in [6, 6.07) is 0. The molecule has 0 aromatic heterocycles. The summed E-state index contributed by atoms with van der Waals surface area (Å²) >= 11 is 0. The Morgan fingerprint density at radius 2 is 2.08 bits per heavy atom. The number of nitro groups is 1. The summed E-state index contributed by atoms with van der Waals surface area (Å²) in [7, 11) is 0. The predicted octanol–water partition coefficient (Wildman–Crippen LogP) is 2.30. The highest BCUT2D eigenvalue weighted by Gasteiger charge is 2.14. The van der Waals surface area contributed by atoms with Gasteiger partial charge in [-0.05, 0) is 0 Å². The van der Waals surface area contributed by atoms with Crippen molar-refractivity contribution in [2.75, 3.05) is 0 Å². The fourth-order valence-corrected chi connectivity index (χ4v) is 0.928. The van der Waals surface area contributed by atoms with Crippen LogP contribution < -0.4 is 0 Å². The lowest BCUT2D eigenvalue weighted by molar-refractivity contribution is -0.419. The second-order valence-corrected chi connectivity index (χ2v) is 3.36. The molecule has 0 aromatic rings. The predicted molar refractivity (Wildman–Crippen MR) is 47.1 cm³/mol. The van der Waals surface area contributed by atoms with Gasteiger partial charge in [0.2, 0.25) is 0 Å². The van der Waals surface area contributed by atoms with E-state index in [4.69, 9.17) is 0 Å². The highest BCUT2D eigenvalue weighted by atomic mass is 16.6. The molecular formula is C9H11NO2. The Morgan fingerprint density at radius 3 is 2.67 bits per heavy atom. The van der Waals surface area contributed by atoms with Crippen molar-refractivity contribution in [3.63, 3.8) is 0 Å². The SMILES string of the molecule is CC1(C)C=CC=C([N+](=O)[O-])C=C1. The van der Waals surface area contributed by atoms with E-state index >= 15 is 0 Å². The molecule has 1 aliphatic carbocycles. The smallest absolute Gasteiger partial charge is 0.258 e. The molecule has 0 radical (unpaired) electrons. The molecule has 0 unspecified atom stereocenters. The van der Waals surface area contributed by atoms with Crippen molar-refractivity contribution in [2.24, 2.45) is 5.41 Å². The molecule has 1 rings (SSSR count). The number of rotatable bonds is 1. The Morgan fingerprint density at radius 1 is 1.42 bits per heavy atom. The fourth-order valence-electron chi connectivity index (χ4n) is 0.928. The van der Waals surface area contributed by atoms with Gasteiger partial charge in [-0.1, -0.05) is 32.1 Å². The zero-order chi connectivity index (χ0) is 9.19. The number of hydrogen-bond acceptors (Lipinski definition) is 2. The highest BCUT2D eigenvalue weighted by Crippen LogP contribution is 2.22. The average molecular weight is 165 g/mol. The van der Waals surface area contributed by atoms with Crippen molar-refractivity contribution in [1.29, 1.82) is 0 Å². The number of nitrogens with zero attached hydrogens (tertiary/aromatic N) is 1. The summed E-state index contributed by atoms with van der Waals surface area (Å²) in [5, 5.41) is 10.4. The molecule has 0 amide bonds. The van der Waals surface area contributed by atoms with Gasteiger partial charge in [0.1, 0.15) is 0 Å². The summed E-state index contributed by atoms with van der Waals surface area (Å²) in [6.45, 7) is 3.99. The molecule has 12 heavy (non-hydrogen) atoms. The zero-order valence-corrected chi connectivity index (χ0v) is 7.15. The first-order chi connectivity index (χ1) is 5.51. The minimum absolute atomic E-state index is 0.0890. The van der Waals surface area contributed by atoms with Crippen LogP contribution in [-0.4, -0.2) is 4.92 Å². The molecule has 1 aliphatic rings. The molecule has 64 valence electrons. The van der Waals surface area contributed by atoms with Crippen LogP contribution in [-0.2, 0) is 0 Å². The second-order valence-electron chi connectivity index (χ2n) is 3.36. The van der Waals surface area contributed by atoms with E-state index in [1.54, 1.807) is 12.2 Å². The summed E-state index contributed by atoms with van der Waals surface area (Å²) in [6.07, 6.45) is 8.52. The van der Waals surface area contributed by atoms with Crippen LogP contribution >= 0.6 is 0 Å². The fraction of sp³-hybridized carbons (Fsp3) is 0.333. The largest absolute Gasteiger partial charge is 0.269 e. The molecule has 0 saturated heterocycles. The average Bonchev–Trinajstić information content (AvgIpc) is 2.10. The third kappa shape index (κ3) is 2.05. The van der Waals surface area contributed by atoms with Crippen LogP contribution in [0.3, 0.4) is 0 Å². The van der Waals surface area contributed by atoms with Gasteiger partial charge in [0, 0.05) is 17.6 Å². The number of hydrogen-bond donors (Lipinski definition) is 0. The molecule has 0 spiro atoms. The van der Waals surface area contributed by atoms with E-state index in [9.17, 15) is 10.1 Å². The third-order valence-electron chi connectivity index (χ3n) is 1.69. The topological polar surface area (TPSA) is 43.1 Å². The lowest BCUT2D eigenvalue weighted by Gasteiger charge is -2.11. The van der Waals surface area contributed by atoms with Gasteiger partial charge in [-0.2, -0.15) is 0 Å². The van der Waals surface area contributed by atoms with E-state index in [0.29, 0.717) is 0 Å². The van der Waals surface area contributed by atoms with Crippen LogP contribution in [0.5, 0.6) is 0 Å². The van der Waals surface area contributed by atoms with Crippen LogP contribution in [0.15, 0.2) is 36.1 Å². The Balaban J connectivity index is 2.94. The van der Waals surface area contributed by atoms with Crippen molar-refractivity contribution in [3.05, 3.63) is 46.2 Å². The molecule has 0 heterocycles. The maximum atomic E-state index is 10.4. The Bertz CT molecular complexity index is 285. The van der Waals surface area contributed by atoms with E-state index in [1.807, 2.05) is 26.0 Å². The molecule has 0 aromatic carbocycles. The first kappa shape index (κ1) is 8.71. The summed E-state index contributed by atoms with van der Waals surface area (Å²) in [5.41, 5.74) is 0.0469. The maximum absolute atomic E-state index is 10.4. The van der Waals surface area contributed by atoms with E-state index in [0.717, 1.165) is 0 Å². The lowest BCUT2D eigenvalue weighted by Crippen LogP contribution is -2.01. The molecule has 0 fully saturated rings. The molecule has 3 nitrogen and oxygen atoms in total. The molecule has 0 N–H and O–H groups in total. The van der Waals surface area contributed by atoms with Gasteiger partial charge in [0.15, 0.2) is 0 Å². The summed E-state index contributed by atoms with van der Waals surface area (Å²) in [4.78, 5) is 9.98. The van der Waals surface area contributed by atoms with Gasteiger partial charge in [0.05, 0.1) is 4.92 Å². The van der Waals surface area contributed by atoms with E-state index in [-0.39, 0.29) is 16.0 Å². The van der Waals surface area contributed by atoms with Gasteiger partial charge >= 0.3 is 0 Å². The van der Waals surface area contributed by atoms with Gasteiger partial charge in [0.25, 0.3) is 5.70 Å². The second kappa shape index (κ2) is 2.93. The first-order valence-electron chi connectivity index (χ1n) is 3.74. The molecule has 0 saturated carbocycles. The van der Waals surface area contributed by atoms with Crippen molar-refractivity contribution in [2.45, 2.75) is 13.8 Å². The number of allylic oxidation sites excluding steroid dienone is 5. The van der Waals surface area contributed by atoms with Crippen LogP contribution in [0.1, 0.15) is 13.8 Å². The van der Waals surface area contributed by atoms with E-state index in [1.165, 1.54) is 6.08 Å². The highest BCUT2D eigenvalue weighted by molar-refractivity contribution is 5.26. The van der Waals surface area contributed by atoms with Gasteiger partial charge in [-0.25, -0.2) is 0 Å². The van der Waals surface area contributed by atoms with Crippen LogP contribution in [0, 0.1) is 15.5 Å². The zero-order valence-electron chi connectivity index (χ0n) is 7.15. The van der Waals surface area contributed by atoms with E-state index < -0.39 is 0 Å². The van der Waals surface area contributed by atoms with Gasteiger partial charge < -0.3 is 0 Å². The summed E-state index contributed by atoms with van der Waals surface area (Å²) < 4.78 is 0. The molecular weight excluding hydrogens is 154 g/mol. The van der Waals surface area contributed by atoms with Gasteiger partial charge in [-0.3, -0.25) is 10.1 Å². The normalized spacial score (nSPS) is 20.0. The molecule has 3 heteroatoms. The van der Waals surface area contributed by atoms with Crippen LogP contribution in [0.25, 0.3) is 0 Å². The van der Waals surface area contributed by atoms with Gasteiger partial charge in [-0.15, -0.1) is 0 Å². The van der Waals surface area contributed by atoms with Crippen molar-refractivity contribution in [1.82, 2.24) is 0 Å². The third-order valence-corrected chi connectivity index (χ3v) is 1.69. The lowest BCUT2D eigenvalue weighted by atomic mass is 9.93. The van der Waals surface area contributed by atoms with Crippen molar-refractivity contribution in [3.8, 4) is 0 Å². The Labute approximate surface area is 71.2 Å². The molecule has 0 aliphatic heterocycles. The van der Waals surface area contributed by atoms with Crippen molar-refractivity contribution < 1.29 is 4.92 Å². The van der Waals surface area contributed by atoms with Crippen molar-refractivity contribution >= 4 is 0 Å². The summed E-state index contributed by atoms with van der Waals surface area (Å²) in [5.74, 6) is 0. The standard InChI is InChI=1S/C9H11NO2/c1-9(2)6-3-4-8(5-7-9)10(11)12/h3-7H,1-2H3. The minimum Gasteiger partial charge on any atom is -0.258 e. The monoisotopic (exact) mass is 165 g/mol. The van der Waals surface area contributed by atoms with Crippen LogP contribution in [0.2, 0.25) is 0 Å². The van der Waals surface area contributed by atoms with E-state index in [2.05, 4.69) is 0 Å². The minimum atomic E-state index is -0.387. The molecule has 0 atom stereocenters.